The van der Waals surface area contributed by atoms with Gasteiger partial charge >= 0.3 is 7.82 Å². The first-order valence-corrected chi connectivity index (χ1v) is 22.9. The van der Waals surface area contributed by atoms with Crippen molar-refractivity contribution in [2.45, 2.75) is 242 Å². The molecule has 13 heteroatoms. The molecule has 1 aliphatic rings. The van der Waals surface area contributed by atoms with Gasteiger partial charge in [-0.2, -0.15) is 0 Å². The van der Waals surface area contributed by atoms with E-state index in [1.807, 2.05) is 0 Å². The number of aliphatic hydroxyl groups is 6. The summed E-state index contributed by atoms with van der Waals surface area (Å²) in [5.74, 6) is -0.432. The third kappa shape index (κ3) is 23.9. The van der Waals surface area contributed by atoms with Gasteiger partial charge < -0.3 is 40.6 Å². The van der Waals surface area contributed by atoms with Crippen LogP contribution in [-0.4, -0.2) is 96.8 Å². The summed E-state index contributed by atoms with van der Waals surface area (Å²) >= 11 is 0. The van der Waals surface area contributed by atoms with Crippen LogP contribution in [-0.2, 0) is 13.6 Å². The zero-order valence-corrected chi connectivity index (χ0v) is 34.2. The van der Waals surface area contributed by atoms with Gasteiger partial charge in [-0.25, -0.2) is 4.57 Å². The molecule has 0 aliphatic heterocycles. The van der Waals surface area contributed by atoms with Crippen LogP contribution in [0.1, 0.15) is 194 Å². The molecule has 0 radical (unpaired) electrons. The van der Waals surface area contributed by atoms with Crippen molar-refractivity contribution in [3.63, 3.8) is 0 Å². The fraction of sp³-hybridized carbons (Fsp3) is 0.975. The van der Waals surface area contributed by atoms with Gasteiger partial charge in [-0.3, -0.25) is 14.0 Å². The van der Waals surface area contributed by atoms with Crippen LogP contribution < -0.4 is 5.11 Å². The topological polar surface area (TPSA) is 213 Å². The molecule has 0 bridgehead atoms. The van der Waals surface area contributed by atoms with Crippen molar-refractivity contribution in [2.75, 3.05) is 6.61 Å². The summed E-state index contributed by atoms with van der Waals surface area (Å²) in [4.78, 5) is 14.5. The minimum atomic E-state index is -5.06. The lowest BCUT2D eigenvalue weighted by atomic mass is 9.85. The fourth-order valence-corrected chi connectivity index (χ4v) is 7.98. The maximum atomic E-state index is 12.8. The zero-order valence-electron chi connectivity index (χ0n) is 33.3. The predicted molar refractivity (Wildman–Crippen MR) is 209 cm³/mol. The van der Waals surface area contributed by atoms with Crippen LogP contribution in [0.4, 0.5) is 0 Å². The van der Waals surface area contributed by atoms with Crippen LogP contribution >= 0.6 is 7.82 Å². The number of unbranched alkanes of at least 4 members (excludes halogenated alkanes) is 24. The second-order valence-corrected chi connectivity index (χ2v) is 16.9. The van der Waals surface area contributed by atoms with Gasteiger partial charge in [0, 0.05) is 0 Å². The predicted octanol–water partition coefficient (Wildman–Crippen LogP) is 6.76. The lowest BCUT2D eigenvalue weighted by Gasteiger charge is -2.41. The van der Waals surface area contributed by atoms with E-state index in [1.165, 1.54) is 116 Å². The first kappa shape index (κ1) is 50.4. The Morgan fingerprint density at radius 3 is 1.32 bits per heavy atom. The highest BCUT2D eigenvalue weighted by Gasteiger charge is 2.51. The van der Waals surface area contributed by atoms with Crippen molar-refractivity contribution in [1.82, 2.24) is 0 Å². The third-order valence-electron chi connectivity index (χ3n) is 10.6. The van der Waals surface area contributed by atoms with Crippen molar-refractivity contribution in [1.29, 1.82) is 0 Å². The molecule has 0 aromatic heterocycles. The summed E-state index contributed by atoms with van der Waals surface area (Å²) in [7, 11) is -5.06. The van der Waals surface area contributed by atoms with Gasteiger partial charge in [0.1, 0.15) is 36.6 Å². The summed E-state index contributed by atoms with van der Waals surface area (Å²) in [5, 5.41) is 74.0. The molecule has 1 saturated carbocycles. The number of rotatable bonds is 35. The van der Waals surface area contributed by atoms with E-state index in [1.54, 1.807) is 0 Å². The van der Waals surface area contributed by atoms with E-state index in [-0.39, 0.29) is 6.42 Å². The Hall–Kier alpha value is -0.660. The first-order chi connectivity index (χ1) is 25.4. The largest absolute Gasteiger partial charge is 0.862 e. The number of aliphatic imine (C=N–C) groups is 1. The van der Waals surface area contributed by atoms with E-state index < -0.39 is 69.1 Å². The normalized spacial score (nSPS) is 24.7. The molecule has 0 spiro atoms. The van der Waals surface area contributed by atoms with Gasteiger partial charge in [-0.1, -0.05) is 174 Å². The third-order valence-corrected chi connectivity index (χ3v) is 11.6. The molecule has 0 heterocycles. The second-order valence-electron chi connectivity index (χ2n) is 15.5. The molecule has 1 fully saturated rings. The minimum absolute atomic E-state index is 0.186. The highest BCUT2D eigenvalue weighted by Crippen LogP contribution is 2.47. The Bertz CT molecular complexity index is 928. The van der Waals surface area contributed by atoms with Crippen LogP contribution in [0.2, 0.25) is 0 Å². The van der Waals surface area contributed by atoms with Gasteiger partial charge in [-0.15, -0.1) is 0 Å². The molecule has 0 aromatic rings. The number of nitrogens with zero attached hydrogens (tertiary/aromatic N) is 1. The SMILES string of the molecule is CCCCCCCCCCCCCCCC([O-])=N[C@@H](COP(=O)(O)OC1[C@H](O)[C@H](O)C(O)[C@H](O)[C@H]1O)[C@H](O)CCCCCCCCCCCCCCC. The van der Waals surface area contributed by atoms with E-state index >= 15 is 0 Å². The monoisotopic (exact) mass is 781 g/mol. The second kappa shape index (κ2) is 31.4. The van der Waals surface area contributed by atoms with Gasteiger partial charge in [0.15, 0.2) is 0 Å². The standard InChI is InChI=1S/C40H80NO11P/c1-3-5-7-9-11-13-15-17-19-21-23-25-27-29-33(42)32(31-51-53(49,50)52-40-38(47)36(45)35(44)37(46)39(40)48)41-34(43)30-28-26-24-22-20-18-16-14-12-10-8-6-4-2/h32-33,35-40,42,44-48H,3-31H2,1-2H3,(H,41,43)(H,49,50)/p-1/t32-,33+,35?,36-,37+,38+,39+,40?/m0/s1. The van der Waals surface area contributed by atoms with Crippen molar-refractivity contribution in [3.05, 3.63) is 0 Å². The molecule has 1 rings (SSSR count). The summed E-state index contributed by atoms with van der Waals surface area (Å²) < 4.78 is 22.8. The summed E-state index contributed by atoms with van der Waals surface area (Å²) in [6.45, 7) is 3.81. The molecule has 7 N–H and O–H groups in total. The van der Waals surface area contributed by atoms with Crippen LogP contribution in [0.15, 0.2) is 4.99 Å². The molecule has 53 heavy (non-hydrogen) atoms. The van der Waals surface area contributed by atoms with Crippen molar-refractivity contribution in [2.24, 2.45) is 4.99 Å². The molecule has 9 atom stereocenters. The maximum absolute atomic E-state index is 12.8. The molecule has 0 saturated heterocycles. The quantitative estimate of drug-likeness (QED) is 0.0155. The minimum Gasteiger partial charge on any atom is -0.862 e. The molecule has 3 unspecified atom stereocenters. The van der Waals surface area contributed by atoms with E-state index in [9.17, 15) is 45.2 Å². The van der Waals surface area contributed by atoms with Crippen LogP contribution in [0.25, 0.3) is 0 Å². The van der Waals surface area contributed by atoms with Crippen LogP contribution in [0.3, 0.4) is 0 Å². The zero-order chi connectivity index (χ0) is 39.3. The highest BCUT2D eigenvalue weighted by molar-refractivity contribution is 7.47. The van der Waals surface area contributed by atoms with E-state index in [4.69, 9.17) is 9.05 Å². The molecule has 12 nitrogen and oxygen atoms in total. The van der Waals surface area contributed by atoms with Crippen molar-refractivity contribution >= 4 is 13.7 Å². The highest BCUT2D eigenvalue weighted by atomic mass is 31.2. The van der Waals surface area contributed by atoms with E-state index in [0.717, 1.165) is 38.5 Å². The Labute approximate surface area is 321 Å². The fourth-order valence-electron chi connectivity index (χ4n) is 7.02. The Morgan fingerprint density at radius 2 is 0.925 bits per heavy atom. The Morgan fingerprint density at radius 1 is 0.585 bits per heavy atom. The van der Waals surface area contributed by atoms with Crippen LogP contribution in [0.5, 0.6) is 0 Å². The Kier molecular flexibility index (Phi) is 29.9. The lowest BCUT2D eigenvalue weighted by Crippen LogP contribution is -2.64. The van der Waals surface area contributed by atoms with E-state index in [0.29, 0.717) is 19.3 Å². The van der Waals surface area contributed by atoms with Gasteiger partial charge in [0.2, 0.25) is 0 Å². The van der Waals surface area contributed by atoms with Crippen molar-refractivity contribution < 1.29 is 54.3 Å². The number of phosphoric acid groups is 1. The number of hydrogen-bond donors (Lipinski definition) is 7. The molecular weight excluding hydrogens is 701 g/mol. The smallest absolute Gasteiger partial charge is 0.472 e. The van der Waals surface area contributed by atoms with Gasteiger partial charge in [-0.05, 0) is 25.2 Å². The maximum Gasteiger partial charge on any atom is 0.472 e. The molecule has 0 amide bonds. The molecular formula is C40H79NO11P-. The van der Waals surface area contributed by atoms with Gasteiger partial charge in [0.05, 0.1) is 18.8 Å². The average Bonchev–Trinajstić information content (AvgIpc) is 3.13. The van der Waals surface area contributed by atoms with E-state index in [2.05, 4.69) is 18.8 Å². The van der Waals surface area contributed by atoms with Crippen LogP contribution in [0, 0.1) is 0 Å². The summed E-state index contributed by atoms with van der Waals surface area (Å²) in [6.07, 6.45) is 18.1. The average molecular weight is 781 g/mol. The summed E-state index contributed by atoms with van der Waals surface area (Å²) in [6, 6.07) is -1.15. The first-order valence-electron chi connectivity index (χ1n) is 21.4. The summed E-state index contributed by atoms with van der Waals surface area (Å²) in [5.41, 5.74) is 0. The molecule has 316 valence electrons. The number of aliphatic hydroxyl groups excluding tert-OH is 6. The number of hydrogen-bond acceptors (Lipinski definition) is 11. The molecule has 0 aromatic carbocycles. The Balaban J connectivity index is 2.56. The molecule has 1 aliphatic carbocycles. The van der Waals surface area contributed by atoms with Crippen molar-refractivity contribution in [3.8, 4) is 0 Å². The number of phosphoric ester groups is 1. The van der Waals surface area contributed by atoms with Gasteiger partial charge in [0.25, 0.3) is 0 Å². The lowest BCUT2D eigenvalue weighted by molar-refractivity contribution is -0.220.